The molecule has 3 aromatic rings. The van der Waals surface area contributed by atoms with Crippen LogP contribution >= 0.6 is 12.2 Å². The van der Waals surface area contributed by atoms with E-state index in [0.29, 0.717) is 11.7 Å². The summed E-state index contributed by atoms with van der Waals surface area (Å²) in [5.74, 6) is -0.653. The van der Waals surface area contributed by atoms with Gasteiger partial charge in [0.15, 0.2) is 5.11 Å². The van der Waals surface area contributed by atoms with Crippen molar-refractivity contribution >= 4 is 23.3 Å². The van der Waals surface area contributed by atoms with Gasteiger partial charge >= 0.3 is 5.97 Å². The first-order valence-corrected chi connectivity index (χ1v) is 10.1. The van der Waals surface area contributed by atoms with Crippen molar-refractivity contribution in [2.24, 2.45) is 0 Å². The lowest BCUT2D eigenvalue weighted by Gasteiger charge is -2.28. The number of halogens is 1. The molecule has 0 saturated carbocycles. The third kappa shape index (κ3) is 3.91. The minimum absolute atomic E-state index is 0.0161. The number of hydrogen-bond acceptors (Lipinski definition) is 4. The normalized spacial score (nSPS) is 18.3. The van der Waals surface area contributed by atoms with Crippen molar-refractivity contribution in [3.8, 4) is 5.69 Å². The highest BCUT2D eigenvalue weighted by molar-refractivity contribution is 7.80. The number of carbonyl (C=O) groups excluding carboxylic acids is 1. The first-order chi connectivity index (χ1) is 14.6. The third-order valence-corrected chi connectivity index (χ3v) is 5.34. The monoisotopic (exact) mass is 424 g/mol. The lowest BCUT2D eigenvalue weighted by molar-refractivity contribution is -0.143. The summed E-state index contributed by atoms with van der Waals surface area (Å²) < 4.78 is 20.6. The summed E-state index contributed by atoms with van der Waals surface area (Å²) in [5, 5.41) is 3.76. The molecule has 154 valence electrons. The van der Waals surface area contributed by atoms with Crippen molar-refractivity contribution in [2.75, 3.05) is 13.2 Å². The Morgan fingerprint density at radius 3 is 2.70 bits per heavy atom. The number of carbonyl (C=O) groups is 1. The molecule has 2 aromatic heterocycles. The summed E-state index contributed by atoms with van der Waals surface area (Å²) in [6.45, 7) is 2.09. The fraction of sp³-hybridized carbons (Fsp3) is 0.227. The zero-order valence-electron chi connectivity index (χ0n) is 16.4. The summed E-state index contributed by atoms with van der Waals surface area (Å²) in [4.78, 5) is 18.6. The molecule has 2 atom stereocenters. The number of nitrogens with one attached hydrogen (secondary N) is 1. The number of nitrogens with zero attached hydrogens (tertiary/aromatic N) is 3. The maximum Gasteiger partial charge on any atom is 0.325 e. The molecule has 1 N–H and O–H groups in total. The predicted molar refractivity (Wildman–Crippen MR) is 115 cm³/mol. The quantitative estimate of drug-likeness (QED) is 0.483. The molecule has 1 aromatic carbocycles. The van der Waals surface area contributed by atoms with Crippen LogP contribution in [0.4, 0.5) is 4.39 Å². The van der Waals surface area contributed by atoms with Gasteiger partial charge in [0, 0.05) is 23.8 Å². The van der Waals surface area contributed by atoms with Crippen LogP contribution in [-0.4, -0.2) is 38.7 Å². The van der Waals surface area contributed by atoms with Crippen molar-refractivity contribution in [3.05, 3.63) is 84.2 Å². The van der Waals surface area contributed by atoms with Gasteiger partial charge in [-0.3, -0.25) is 9.78 Å². The molecule has 30 heavy (non-hydrogen) atoms. The van der Waals surface area contributed by atoms with Crippen LogP contribution in [0.25, 0.3) is 5.69 Å². The number of thiocarbonyl (C=S) groups is 1. The summed E-state index contributed by atoms with van der Waals surface area (Å²) in [6.07, 6.45) is 3.63. The van der Waals surface area contributed by atoms with E-state index in [0.717, 1.165) is 17.1 Å². The second-order valence-electron chi connectivity index (χ2n) is 6.84. The van der Waals surface area contributed by atoms with Crippen LogP contribution in [-0.2, 0) is 9.53 Å². The van der Waals surface area contributed by atoms with E-state index in [1.165, 1.54) is 12.1 Å². The Bertz CT molecular complexity index is 1040. The molecule has 0 spiro atoms. The second-order valence-corrected chi connectivity index (χ2v) is 7.23. The van der Waals surface area contributed by atoms with Gasteiger partial charge in [0.1, 0.15) is 12.4 Å². The first-order valence-electron chi connectivity index (χ1n) is 9.65. The minimum atomic E-state index is -0.354. The van der Waals surface area contributed by atoms with E-state index < -0.39 is 0 Å². The van der Waals surface area contributed by atoms with Gasteiger partial charge in [0.25, 0.3) is 0 Å². The van der Waals surface area contributed by atoms with E-state index in [1.54, 1.807) is 25.3 Å². The van der Waals surface area contributed by atoms with Crippen LogP contribution in [0.5, 0.6) is 0 Å². The second kappa shape index (κ2) is 8.62. The van der Waals surface area contributed by atoms with Gasteiger partial charge in [-0.25, -0.2) is 4.39 Å². The largest absolute Gasteiger partial charge is 0.465 e. The number of pyridine rings is 1. The standard InChI is InChI=1S/C22H21FN4O2S/c1-2-29-19(28)14-27-21(20(25-22(27)30)17-6-3-4-12-24-17)18-7-5-13-26(18)16-10-8-15(23)9-11-16/h3-13,20-21H,2,14H2,1H3,(H,25,30). The summed E-state index contributed by atoms with van der Waals surface area (Å²) in [5.41, 5.74) is 2.52. The Kier molecular flexibility index (Phi) is 5.76. The molecule has 4 rings (SSSR count). The van der Waals surface area contributed by atoms with Gasteiger partial charge in [-0.05, 0) is 67.7 Å². The van der Waals surface area contributed by atoms with Crippen LogP contribution in [0.15, 0.2) is 67.0 Å². The van der Waals surface area contributed by atoms with Gasteiger partial charge in [0.2, 0.25) is 0 Å². The Hall–Kier alpha value is -3.26. The SMILES string of the molecule is CCOC(=O)CN1C(=S)NC(c2ccccn2)C1c1cccn1-c1ccc(F)cc1. The van der Waals surface area contributed by atoms with Crippen LogP contribution < -0.4 is 5.32 Å². The van der Waals surface area contributed by atoms with Crippen molar-refractivity contribution in [1.82, 2.24) is 19.8 Å². The van der Waals surface area contributed by atoms with Gasteiger partial charge < -0.3 is 19.5 Å². The van der Waals surface area contributed by atoms with Crippen LogP contribution in [0.2, 0.25) is 0 Å². The third-order valence-electron chi connectivity index (χ3n) is 4.99. The van der Waals surface area contributed by atoms with Crippen molar-refractivity contribution in [3.63, 3.8) is 0 Å². The zero-order chi connectivity index (χ0) is 21.1. The highest BCUT2D eigenvalue weighted by Crippen LogP contribution is 2.39. The van der Waals surface area contributed by atoms with E-state index in [1.807, 2.05) is 46.0 Å². The number of aromatic nitrogens is 2. The Labute approximate surface area is 179 Å². The fourth-order valence-electron chi connectivity index (χ4n) is 3.72. The number of ether oxygens (including phenoxy) is 1. The van der Waals surface area contributed by atoms with Gasteiger partial charge in [-0.1, -0.05) is 6.07 Å². The molecule has 1 aliphatic heterocycles. The molecule has 0 aliphatic carbocycles. The van der Waals surface area contributed by atoms with Crippen LogP contribution in [0.3, 0.4) is 0 Å². The Morgan fingerprint density at radius 2 is 2.00 bits per heavy atom. The summed E-state index contributed by atoms with van der Waals surface area (Å²) in [7, 11) is 0. The molecule has 0 bridgehead atoms. The lowest BCUT2D eigenvalue weighted by atomic mass is 10.0. The maximum atomic E-state index is 13.4. The molecule has 0 radical (unpaired) electrons. The predicted octanol–water partition coefficient (Wildman–Crippen LogP) is 3.55. The van der Waals surface area contributed by atoms with Crippen molar-refractivity contribution < 1.29 is 13.9 Å². The van der Waals surface area contributed by atoms with Crippen molar-refractivity contribution in [2.45, 2.75) is 19.0 Å². The van der Waals surface area contributed by atoms with Gasteiger partial charge in [0.05, 0.1) is 24.4 Å². The van der Waals surface area contributed by atoms with Crippen LogP contribution in [0.1, 0.15) is 30.4 Å². The topological polar surface area (TPSA) is 59.4 Å². The Balaban J connectivity index is 1.77. The smallest absolute Gasteiger partial charge is 0.325 e. The zero-order valence-corrected chi connectivity index (χ0v) is 17.2. The maximum absolute atomic E-state index is 13.4. The molecule has 6 nitrogen and oxygen atoms in total. The highest BCUT2D eigenvalue weighted by Gasteiger charge is 2.42. The van der Waals surface area contributed by atoms with Crippen LogP contribution in [0, 0.1) is 5.82 Å². The minimum Gasteiger partial charge on any atom is -0.465 e. The summed E-state index contributed by atoms with van der Waals surface area (Å²) in [6, 6.07) is 15.3. The number of esters is 1. The molecule has 8 heteroatoms. The van der Waals surface area contributed by atoms with E-state index in [9.17, 15) is 9.18 Å². The van der Waals surface area contributed by atoms with E-state index in [2.05, 4.69) is 10.3 Å². The molecule has 2 unspecified atom stereocenters. The number of benzene rings is 1. The molecule has 3 heterocycles. The molecule has 1 saturated heterocycles. The summed E-state index contributed by atoms with van der Waals surface area (Å²) >= 11 is 5.57. The van der Waals surface area contributed by atoms with Crippen molar-refractivity contribution in [1.29, 1.82) is 0 Å². The number of rotatable bonds is 6. The van der Waals surface area contributed by atoms with E-state index >= 15 is 0 Å². The lowest BCUT2D eigenvalue weighted by Crippen LogP contribution is -2.36. The van der Waals surface area contributed by atoms with E-state index in [-0.39, 0.29) is 30.4 Å². The fourth-order valence-corrected chi connectivity index (χ4v) is 4.02. The molecular weight excluding hydrogens is 403 g/mol. The molecular formula is C22H21FN4O2S. The first kappa shape index (κ1) is 20.0. The Morgan fingerprint density at radius 1 is 1.20 bits per heavy atom. The van der Waals surface area contributed by atoms with Gasteiger partial charge in [-0.2, -0.15) is 0 Å². The average Bonchev–Trinajstić information content (AvgIpc) is 3.34. The molecule has 1 aliphatic rings. The average molecular weight is 425 g/mol. The molecule has 0 amide bonds. The molecule has 1 fully saturated rings. The number of hydrogen-bond donors (Lipinski definition) is 1. The van der Waals surface area contributed by atoms with Gasteiger partial charge in [-0.15, -0.1) is 0 Å². The highest BCUT2D eigenvalue weighted by atomic mass is 32.1. The van der Waals surface area contributed by atoms with E-state index in [4.69, 9.17) is 17.0 Å².